The molecule has 176 valence electrons. The SMILES string of the molecule is CCCn1c(C(=O)N2CCC(Oc3cc(C)n(C)c(=O)c3)C2)cc2c(=O)n3ccccc3nc21. The monoisotopic (exact) mass is 461 g/mol. The fourth-order valence-corrected chi connectivity index (χ4v) is 4.55. The van der Waals surface area contributed by atoms with Crippen molar-refractivity contribution < 1.29 is 9.53 Å². The minimum atomic E-state index is -0.203. The molecule has 1 aliphatic heterocycles. The van der Waals surface area contributed by atoms with Crippen LogP contribution in [0.1, 0.15) is 35.9 Å². The highest BCUT2D eigenvalue weighted by molar-refractivity contribution is 5.98. The number of carbonyl (C=O) groups excluding carboxylic acids is 1. The van der Waals surface area contributed by atoms with E-state index in [4.69, 9.17) is 4.74 Å². The number of pyridine rings is 2. The van der Waals surface area contributed by atoms with Crippen LogP contribution in [0.15, 0.2) is 52.2 Å². The average Bonchev–Trinajstić information content (AvgIpc) is 3.43. The van der Waals surface area contributed by atoms with Crippen molar-refractivity contribution in [3.63, 3.8) is 0 Å². The van der Waals surface area contributed by atoms with Gasteiger partial charge in [0.15, 0.2) is 0 Å². The van der Waals surface area contributed by atoms with E-state index >= 15 is 0 Å². The Labute approximate surface area is 195 Å². The summed E-state index contributed by atoms with van der Waals surface area (Å²) in [6.07, 6.45) is 2.95. The number of rotatable bonds is 5. The lowest BCUT2D eigenvalue weighted by Crippen LogP contribution is -2.32. The molecule has 9 heteroatoms. The first-order chi connectivity index (χ1) is 16.4. The first kappa shape index (κ1) is 21.9. The third kappa shape index (κ3) is 3.67. The van der Waals surface area contributed by atoms with Gasteiger partial charge < -0.3 is 18.8 Å². The first-order valence-electron chi connectivity index (χ1n) is 11.5. The number of ether oxygens (including phenoxy) is 1. The molecule has 1 aliphatic rings. The highest BCUT2D eigenvalue weighted by Gasteiger charge is 2.31. The second kappa shape index (κ2) is 8.48. The van der Waals surface area contributed by atoms with Crippen LogP contribution in [0.5, 0.6) is 5.75 Å². The average molecular weight is 462 g/mol. The zero-order valence-electron chi connectivity index (χ0n) is 19.5. The molecule has 1 saturated heterocycles. The molecule has 5 rings (SSSR count). The van der Waals surface area contributed by atoms with Gasteiger partial charge in [0.2, 0.25) is 0 Å². The molecular formula is C25H27N5O4. The van der Waals surface area contributed by atoms with Crippen LogP contribution >= 0.6 is 0 Å². The van der Waals surface area contributed by atoms with Crippen molar-refractivity contribution in [2.45, 2.75) is 39.3 Å². The third-order valence-electron chi connectivity index (χ3n) is 6.45. The molecule has 0 N–H and O–H groups in total. The highest BCUT2D eigenvalue weighted by atomic mass is 16.5. The maximum Gasteiger partial charge on any atom is 0.270 e. The summed E-state index contributed by atoms with van der Waals surface area (Å²) in [6, 6.07) is 10.4. The van der Waals surface area contributed by atoms with Gasteiger partial charge in [-0.25, -0.2) is 4.98 Å². The number of fused-ring (bicyclic) bond motifs is 2. The van der Waals surface area contributed by atoms with E-state index in [-0.39, 0.29) is 23.1 Å². The van der Waals surface area contributed by atoms with Crippen LogP contribution in [0.25, 0.3) is 16.7 Å². The lowest BCUT2D eigenvalue weighted by atomic mass is 10.3. The minimum Gasteiger partial charge on any atom is -0.488 e. The molecule has 1 fully saturated rings. The van der Waals surface area contributed by atoms with E-state index in [0.717, 1.165) is 12.1 Å². The quantitative estimate of drug-likeness (QED) is 0.455. The Morgan fingerprint density at radius 2 is 2.03 bits per heavy atom. The van der Waals surface area contributed by atoms with E-state index in [2.05, 4.69) is 4.98 Å². The number of hydrogen-bond donors (Lipinski definition) is 0. The van der Waals surface area contributed by atoms with Gasteiger partial charge in [0, 0.05) is 44.5 Å². The fourth-order valence-electron chi connectivity index (χ4n) is 4.55. The van der Waals surface area contributed by atoms with Crippen LogP contribution in [0.4, 0.5) is 0 Å². The number of likely N-dealkylation sites (tertiary alicyclic amines) is 1. The fraction of sp³-hybridized carbons (Fsp3) is 0.360. The van der Waals surface area contributed by atoms with Crippen molar-refractivity contribution in [1.82, 2.24) is 23.4 Å². The number of amides is 1. The van der Waals surface area contributed by atoms with Crippen LogP contribution in [-0.2, 0) is 13.6 Å². The van der Waals surface area contributed by atoms with E-state index in [1.54, 1.807) is 40.9 Å². The molecule has 0 bridgehead atoms. The first-order valence-corrected chi connectivity index (χ1v) is 11.5. The molecule has 1 unspecified atom stereocenters. The normalized spacial score (nSPS) is 16.0. The van der Waals surface area contributed by atoms with Gasteiger partial charge in [-0.2, -0.15) is 0 Å². The summed E-state index contributed by atoms with van der Waals surface area (Å²) in [5, 5.41) is 0.433. The lowest BCUT2D eigenvalue weighted by molar-refractivity contribution is 0.0762. The Morgan fingerprint density at radius 3 is 2.79 bits per heavy atom. The van der Waals surface area contributed by atoms with Gasteiger partial charge in [-0.05, 0) is 37.6 Å². The maximum absolute atomic E-state index is 13.5. The zero-order chi connectivity index (χ0) is 24.0. The maximum atomic E-state index is 13.5. The Balaban J connectivity index is 1.45. The highest BCUT2D eigenvalue weighted by Crippen LogP contribution is 2.23. The molecule has 1 amide bonds. The second-order valence-corrected chi connectivity index (χ2v) is 8.77. The standard InChI is InChI=1S/C25H27N5O4/c1-4-9-29-20(14-19-23(29)26-21-7-5-6-10-30(21)24(19)32)25(33)28-11-8-17(15-28)34-18-12-16(2)27(3)22(31)13-18/h5-7,10,12-14,17H,4,8-9,11,15H2,1-3H3. The molecule has 5 heterocycles. The number of carbonyl (C=O) groups is 1. The Morgan fingerprint density at radius 1 is 1.21 bits per heavy atom. The number of hydrogen-bond acceptors (Lipinski definition) is 5. The second-order valence-electron chi connectivity index (χ2n) is 8.77. The smallest absolute Gasteiger partial charge is 0.270 e. The van der Waals surface area contributed by atoms with Crippen LogP contribution in [0.3, 0.4) is 0 Å². The van der Waals surface area contributed by atoms with Gasteiger partial charge in [-0.1, -0.05) is 13.0 Å². The summed E-state index contributed by atoms with van der Waals surface area (Å²) in [4.78, 5) is 45.1. The molecular weight excluding hydrogens is 434 g/mol. The third-order valence-corrected chi connectivity index (χ3v) is 6.45. The van der Waals surface area contributed by atoms with Crippen molar-refractivity contribution in [2.24, 2.45) is 7.05 Å². The van der Waals surface area contributed by atoms with Gasteiger partial charge in [-0.3, -0.25) is 18.8 Å². The van der Waals surface area contributed by atoms with E-state index in [0.29, 0.717) is 54.2 Å². The van der Waals surface area contributed by atoms with Gasteiger partial charge >= 0.3 is 0 Å². The molecule has 1 atom stereocenters. The van der Waals surface area contributed by atoms with E-state index in [9.17, 15) is 14.4 Å². The van der Waals surface area contributed by atoms with Crippen molar-refractivity contribution in [3.8, 4) is 5.75 Å². The van der Waals surface area contributed by atoms with Crippen LogP contribution in [-0.4, -0.2) is 48.5 Å². The van der Waals surface area contributed by atoms with E-state index in [1.807, 2.05) is 30.5 Å². The van der Waals surface area contributed by atoms with Crippen molar-refractivity contribution >= 4 is 22.6 Å². The number of aromatic nitrogens is 4. The zero-order valence-corrected chi connectivity index (χ0v) is 19.5. The summed E-state index contributed by atoms with van der Waals surface area (Å²) in [7, 11) is 1.72. The van der Waals surface area contributed by atoms with Crippen molar-refractivity contribution in [3.05, 3.63) is 74.7 Å². The summed E-state index contributed by atoms with van der Waals surface area (Å²) in [6.45, 7) is 5.41. The van der Waals surface area contributed by atoms with Gasteiger partial charge in [0.05, 0.1) is 11.9 Å². The van der Waals surface area contributed by atoms with E-state index in [1.165, 1.54) is 10.5 Å². The summed E-state index contributed by atoms with van der Waals surface area (Å²) < 4.78 is 10.9. The largest absolute Gasteiger partial charge is 0.488 e. The van der Waals surface area contributed by atoms with Gasteiger partial charge in [0.25, 0.3) is 17.0 Å². The molecule has 0 aliphatic carbocycles. The molecule has 34 heavy (non-hydrogen) atoms. The molecule has 0 radical (unpaired) electrons. The van der Waals surface area contributed by atoms with Crippen LogP contribution in [0.2, 0.25) is 0 Å². The molecule has 0 spiro atoms. The predicted molar refractivity (Wildman–Crippen MR) is 129 cm³/mol. The molecule has 4 aromatic rings. The predicted octanol–water partition coefficient (Wildman–Crippen LogP) is 2.36. The van der Waals surface area contributed by atoms with Crippen LogP contribution < -0.4 is 15.9 Å². The Kier molecular flexibility index (Phi) is 5.47. The molecule has 9 nitrogen and oxygen atoms in total. The topological polar surface area (TPSA) is 90.8 Å². The minimum absolute atomic E-state index is 0.129. The number of aryl methyl sites for hydroxylation is 2. The summed E-state index contributed by atoms with van der Waals surface area (Å²) >= 11 is 0. The Hall–Kier alpha value is -3.88. The Bertz CT molecular complexity index is 1530. The molecule has 4 aromatic heterocycles. The summed E-state index contributed by atoms with van der Waals surface area (Å²) in [5.41, 5.74) is 2.04. The van der Waals surface area contributed by atoms with Crippen molar-refractivity contribution in [2.75, 3.05) is 13.1 Å². The van der Waals surface area contributed by atoms with E-state index < -0.39 is 0 Å². The summed E-state index contributed by atoms with van der Waals surface area (Å²) in [5.74, 6) is 0.370. The van der Waals surface area contributed by atoms with Gasteiger partial charge in [-0.15, -0.1) is 0 Å². The lowest BCUT2D eigenvalue weighted by Gasteiger charge is -2.19. The van der Waals surface area contributed by atoms with Crippen LogP contribution in [0, 0.1) is 6.92 Å². The van der Waals surface area contributed by atoms with Gasteiger partial charge in [0.1, 0.15) is 28.8 Å². The number of nitrogens with zero attached hydrogens (tertiary/aromatic N) is 5. The van der Waals surface area contributed by atoms with Crippen molar-refractivity contribution in [1.29, 1.82) is 0 Å². The molecule has 0 saturated carbocycles. The molecule has 0 aromatic carbocycles.